The smallest absolute Gasteiger partial charge is 0.130 e. The fraction of sp³-hybridized carbons (Fsp3) is 0.300. The van der Waals surface area contributed by atoms with E-state index in [2.05, 4.69) is 6.58 Å². The molecule has 0 aliphatic carbocycles. The van der Waals surface area contributed by atoms with Crippen molar-refractivity contribution in [2.75, 3.05) is 19.8 Å². The molecule has 0 amide bonds. The Morgan fingerprint density at radius 3 is 2.38 bits per heavy atom. The molecule has 0 saturated carbocycles. The highest BCUT2D eigenvalue weighted by Crippen LogP contribution is 2.15. The molecule has 1 N–H and O–H groups in total. The van der Waals surface area contributed by atoms with Gasteiger partial charge in [-0.25, -0.2) is 13.2 Å². The first-order valence-electron chi connectivity index (χ1n) is 8.25. The molecular weight excluding hydrogens is 343 g/mol. The average Bonchev–Trinajstić information content (AvgIpc) is 2.59. The Kier molecular flexibility index (Phi) is 7.84. The molecule has 6 heteroatoms. The van der Waals surface area contributed by atoms with Gasteiger partial charge in [0.15, 0.2) is 0 Å². The number of hydrogen-bond acceptors (Lipinski definition) is 3. The molecule has 0 fully saturated rings. The largest absolute Gasteiger partial charge is 0.389 e. The normalized spacial score (nSPS) is 12.3. The van der Waals surface area contributed by atoms with Crippen molar-refractivity contribution in [1.29, 1.82) is 0 Å². The lowest BCUT2D eigenvalue weighted by atomic mass is 10.1. The van der Waals surface area contributed by atoms with E-state index >= 15 is 0 Å². The molecule has 0 unspecified atom stereocenters. The highest BCUT2D eigenvalue weighted by atomic mass is 19.1. The van der Waals surface area contributed by atoms with E-state index in [1.54, 1.807) is 23.1 Å². The van der Waals surface area contributed by atoms with E-state index in [4.69, 9.17) is 4.74 Å². The summed E-state index contributed by atoms with van der Waals surface area (Å²) in [7, 11) is 0. The predicted octanol–water partition coefficient (Wildman–Crippen LogP) is 3.67. The quantitative estimate of drug-likeness (QED) is 0.515. The fourth-order valence-electron chi connectivity index (χ4n) is 2.56. The van der Waals surface area contributed by atoms with E-state index in [0.717, 1.165) is 11.6 Å². The molecule has 2 aromatic carbocycles. The Morgan fingerprint density at radius 2 is 1.73 bits per heavy atom. The van der Waals surface area contributed by atoms with Gasteiger partial charge < -0.3 is 9.84 Å². The van der Waals surface area contributed by atoms with Gasteiger partial charge in [-0.15, -0.1) is 6.58 Å². The maximum atomic E-state index is 14.0. The van der Waals surface area contributed by atoms with E-state index < -0.39 is 17.7 Å². The van der Waals surface area contributed by atoms with Crippen molar-refractivity contribution in [3.8, 4) is 0 Å². The zero-order chi connectivity index (χ0) is 18.9. The van der Waals surface area contributed by atoms with Crippen molar-refractivity contribution >= 4 is 0 Å². The SMILES string of the molecule is C=CCOC[C@H](O)CN(Cc1ccc(F)cc1)Cc1ccc(F)cc1F. The van der Waals surface area contributed by atoms with Crippen molar-refractivity contribution in [1.82, 2.24) is 4.90 Å². The third-order valence-electron chi connectivity index (χ3n) is 3.74. The molecule has 0 aromatic heterocycles. The standard InChI is InChI=1S/C20H22F3NO2/c1-2-9-26-14-19(25)13-24(11-15-3-6-17(21)7-4-15)12-16-5-8-18(22)10-20(16)23/h2-8,10,19,25H,1,9,11-14H2/t19-/m1/s1. The van der Waals surface area contributed by atoms with Gasteiger partial charge >= 0.3 is 0 Å². The van der Waals surface area contributed by atoms with Crippen LogP contribution in [-0.2, 0) is 17.8 Å². The average molecular weight is 365 g/mol. The Bertz CT molecular complexity index is 707. The summed E-state index contributed by atoms with van der Waals surface area (Å²) in [6.07, 6.45) is 0.788. The van der Waals surface area contributed by atoms with Crippen molar-refractivity contribution in [3.05, 3.63) is 83.7 Å². The van der Waals surface area contributed by atoms with Crippen LogP contribution in [0.5, 0.6) is 0 Å². The lowest BCUT2D eigenvalue weighted by Gasteiger charge is -2.25. The highest BCUT2D eigenvalue weighted by molar-refractivity contribution is 5.20. The minimum Gasteiger partial charge on any atom is -0.389 e. The van der Waals surface area contributed by atoms with Gasteiger partial charge in [0.05, 0.1) is 19.3 Å². The van der Waals surface area contributed by atoms with E-state index in [1.807, 2.05) is 0 Å². The van der Waals surface area contributed by atoms with Crippen molar-refractivity contribution in [3.63, 3.8) is 0 Å². The van der Waals surface area contributed by atoms with Crippen LogP contribution in [0, 0.1) is 17.5 Å². The molecule has 0 heterocycles. The van der Waals surface area contributed by atoms with Crippen LogP contribution in [-0.4, -0.2) is 35.9 Å². The Morgan fingerprint density at radius 1 is 1.04 bits per heavy atom. The van der Waals surface area contributed by atoms with Crippen LogP contribution in [0.4, 0.5) is 13.2 Å². The number of benzene rings is 2. The summed E-state index contributed by atoms with van der Waals surface area (Å²) in [5.41, 5.74) is 1.13. The van der Waals surface area contributed by atoms with E-state index in [9.17, 15) is 18.3 Å². The van der Waals surface area contributed by atoms with Gasteiger partial charge in [-0.2, -0.15) is 0 Å². The van der Waals surface area contributed by atoms with Crippen LogP contribution < -0.4 is 0 Å². The van der Waals surface area contributed by atoms with Gasteiger partial charge in [0.1, 0.15) is 17.5 Å². The first-order valence-corrected chi connectivity index (χ1v) is 8.25. The maximum Gasteiger partial charge on any atom is 0.130 e. The zero-order valence-electron chi connectivity index (χ0n) is 14.4. The monoisotopic (exact) mass is 365 g/mol. The van der Waals surface area contributed by atoms with Crippen LogP contribution in [0.2, 0.25) is 0 Å². The maximum absolute atomic E-state index is 14.0. The summed E-state index contributed by atoms with van der Waals surface area (Å²) in [5.74, 6) is -1.64. The first kappa shape index (κ1) is 20.2. The Hall–Kier alpha value is -2.15. The molecule has 0 radical (unpaired) electrons. The summed E-state index contributed by atoms with van der Waals surface area (Å²) in [5, 5.41) is 10.1. The first-order chi connectivity index (χ1) is 12.5. The van der Waals surface area contributed by atoms with Crippen LogP contribution >= 0.6 is 0 Å². The second-order valence-electron chi connectivity index (χ2n) is 6.01. The number of ether oxygens (including phenoxy) is 1. The molecule has 2 aromatic rings. The minimum atomic E-state index is -0.793. The van der Waals surface area contributed by atoms with Crippen molar-refractivity contribution in [2.24, 2.45) is 0 Å². The second-order valence-corrected chi connectivity index (χ2v) is 6.01. The second kappa shape index (κ2) is 10.1. The minimum absolute atomic E-state index is 0.109. The Balaban J connectivity index is 2.08. The molecule has 0 spiro atoms. The summed E-state index contributed by atoms with van der Waals surface area (Å²) in [4.78, 5) is 1.80. The third kappa shape index (κ3) is 6.63. The van der Waals surface area contributed by atoms with Crippen molar-refractivity contribution < 1.29 is 23.0 Å². The number of halogens is 3. The summed E-state index contributed by atoms with van der Waals surface area (Å²) in [6, 6.07) is 9.34. The van der Waals surface area contributed by atoms with Crippen LogP contribution in [0.3, 0.4) is 0 Å². The lowest BCUT2D eigenvalue weighted by Crippen LogP contribution is -2.34. The molecule has 1 atom stereocenters. The summed E-state index contributed by atoms with van der Waals surface area (Å²) in [6.45, 7) is 4.72. The van der Waals surface area contributed by atoms with E-state index in [-0.39, 0.29) is 25.5 Å². The molecule has 0 saturated heterocycles. The molecule has 3 nitrogen and oxygen atoms in total. The van der Waals surface area contributed by atoms with Gasteiger partial charge in [0, 0.05) is 31.3 Å². The van der Waals surface area contributed by atoms with E-state index in [1.165, 1.54) is 24.3 Å². The molecule has 0 bridgehead atoms. The third-order valence-corrected chi connectivity index (χ3v) is 3.74. The molecule has 2 rings (SSSR count). The number of hydrogen-bond donors (Lipinski definition) is 1. The van der Waals surface area contributed by atoms with Gasteiger partial charge in [-0.3, -0.25) is 4.90 Å². The molecular formula is C20H22F3NO2. The van der Waals surface area contributed by atoms with Gasteiger partial charge in [-0.05, 0) is 23.8 Å². The summed E-state index contributed by atoms with van der Waals surface area (Å²) < 4.78 is 45.4. The fourth-order valence-corrected chi connectivity index (χ4v) is 2.56. The van der Waals surface area contributed by atoms with Crippen LogP contribution in [0.25, 0.3) is 0 Å². The zero-order valence-corrected chi connectivity index (χ0v) is 14.4. The van der Waals surface area contributed by atoms with E-state index in [0.29, 0.717) is 18.7 Å². The lowest BCUT2D eigenvalue weighted by molar-refractivity contribution is 0.0226. The van der Waals surface area contributed by atoms with Crippen LogP contribution in [0.15, 0.2) is 55.1 Å². The number of aliphatic hydroxyl groups is 1. The number of nitrogens with zero attached hydrogens (tertiary/aromatic N) is 1. The van der Waals surface area contributed by atoms with Crippen LogP contribution in [0.1, 0.15) is 11.1 Å². The molecule has 140 valence electrons. The van der Waals surface area contributed by atoms with Gasteiger partial charge in [-0.1, -0.05) is 24.3 Å². The molecule has 0 aliphatic rings. The number of rotatable bonds is 10. The van der Waals surface area contributed by atoms with Crippen molar-refractivity contribution in [2.45, 2.75) is 19.2 Å². The van der Waals surface area contributed by atoms with Gasteiger partial charge in [0.2, 0.25) is 0 Å². The predicted molar refractivity (Wildman–Crippen MR) is 93.9 cm³/mol. The Labute approximate surface area is 151 Å². The molecule has 26 heavy (non-hydrogen) atoms. The number of aliphatic hydroxyl groups excluding tert-OH is 1. The summed E-state index contributed by atoms with van der Waals surface area (Å²) >= 11 is 0. The molecule has 0 aliphatic heterocycles. The highest BCUT2D eigenvalue weighted by Gasteiger charge is 2.15. The topological polar surface area (TPSA) is 32.7 Å². The van der Waals surface area contributed by atoms with Gasteiger partial charge in [0.25, 0.3) is 0 Å².